The van der Waals surface area contributed by atoms with E-state index in [-0.39, 0.29) is 22.5 Å². The number of hydrogen-bond donors (Lipinski definition) is 2. The van der Waals surface area contributed by atoms with Crippen LogP contribution in [0.5, 0.6) is 0 Å². The van der Waals surface area contributed by atoms with Crippen molar-refractivity contribution in [2.45, 2.75) is 20.4 Å². The van der Waals surface area contributed by atoms with Gasteiger partial charge >= 0.3 is 0 Å². The summed E-state index contributed by atoms with van der Waals surface area (Å²) in [4.78, 5) is 38.2. The average molecular weight is 442 g/mol. The molecule has 32 heavy (non-hydrogen) atoms. The Balaban J connectivity index is 1.43. The molecule has 0 atom stereocenters. The molecule has 10 heteroatoms. The van der Waals surface area contributed by atoms with Crippen molar-refractivity contribution in [1.82, 2.24) is 25.2 Å². The van der Waals surface area contributed by atoms with Crippen molar-refractivity contribution in [1.29, 1.82) is 0 Å². The predicted molar refractivity (Wildman–Crippen MR) is 117 cm³/mol. The van der Waals surface area contributed by atoms with Gasteiger partial charge in [0.2, 0.25) is 5.95 Å². The van der Waals surface area contributed by atoms with Gasteiger partial charge in [0.25, 0.3) is 11.5 Å². The van der Waals surface area contributed by atoms with Crippen molar-refractivity contribution in [2.24, 2.45) is 0 Å². The topological polar surface area (TPSA) is 94.2 Å². The first-order valence-corrected chi connectivity index (χ1v) is 10.5. The van der Waals surface area contributed by atoms with Crippen LogP contribution in [0.1, 0.15) is 28.7 Å². The van der Waals surface area contributed by atoms with Gasteiger partial charge in [0, 0.05) is 39.3 Å². The van der Waals surface area contributed by atoms with E-state index in [4.69, 9.17) is 0 Å². The molecule has 1 saturated heterocycles. The predicted octanol–water partition coefficient (Wildman–Crippen LogP) is 1.98. The van der Waals surface area contributed by atoms with Gasteiger partial charge in [-0.1, -0.05) is 0 Å². The number of aryl methyl sites for hydroxylation is 1. The Labute approximate surface area is 183 Å². The molecule has 8 nitrogen and oxygen atoms in total. The Bertz CT molecular complexity index is 1220. The lowest BCUT2D eigenvalue weighted by Crippen LogP contribution is -2.46. The van der Waals surface area contributed by atoms with E-state index in [0.29, 0.717) is 50.5 Å². The summed E-state index contributed by atoms with van der Waals surface area (Å²) in [5.74, 6) is -1.56. The quantitative estimate of drug-likeness (QED) is 0.587. The molecule has 3 aromatic rings. The Morgan fingerprint density at radius 2 is 1.91 bits per heavy atom. The van der Waals surface area contributed by atoms with Crippen LogP contribution in [0.4, 0.5) is 14.5 Å². The summed E-state index contributed by atoms with van der Waals surface area (Å²) >= 11 is 0. The number of carbonyl (C=O) groups is 1. The summed E-state index contributed by atoms with van der Waals surface area (Å²) < 4.78 is 29.0. The SMILES string of the molecule is CCNC(=O)c1ccc(N2CCN(Cc3cc(F)c4nc(C)c(=O)[nH]c4c3)CC2)c(F)n1. The average Bonchev–Trinajstić information content (AvgIpc) is 2.76. The van der Waals surface area contributed by atoms with Crippen LogP contribution in [-0.2, 0) is 6.54 Å². The van der Waals surface area contributed by atoms with Gasteiger partial charge in [0.15, 0.2) is 5.82 Å². The van der Waals surface area contributed by atoms with Crippen LogP contribution in [0.25, 0.3) is 11.0 Å². The first kappa shape index (κ1) is 21.8. The van der Waals surface area contributed by atoms with E-state index in [1.54, 1.807) is 19.1 Å². The molecule has 1 amide bonds. The Morgan fingerprint density at radius 3 is 2.59 bits per heavy atom. The van der Waals surface area contributed by atoms with E-state index in [1.165, 1.54) is 19.1 Å². The Kier molecular flexibility index (Phi) is 6.13. The van der Waals surface area contributed by atoms with E-state index in [9.17, 15) is 18.4 Å². The molecule has 1 aliphatic rings. The minimum Gasteiger partial charge on any atom is -0.365 e. The molecule has 1 aromatic carbocycles. The Hall–Kier alpha value is -3.40. The van der Waals surface area contributed by atoms with Gasteiger partial charge in [-0.15, -0.1) is 0 Å². The lowest BCUT2D eigenvalue weighted by atomic mass is 10.1. The number of nitrogens with one attached hydrogen (secondary N) is 2. The largest absolute Gasteiger partial charge is 0.365 e. The zero-order chi connectivity index (χ0) is 22.8. The first-order chi connectivity index (χ1) is 15.4. The molecule has 4 rings (SSSR count). The number of aromatic amines is 1. The van der Waals surface area contributed by atoms with Crippen LogP contribution in [0.3, 0.4) is 0 Å². The van der Waals surface area contributed by atoms with Crippen molar-refractivity contribution < 1.29 is 13.6 Å². The fourth-order valence-corrected chi connectivity index (χ4v) is 3.83. The van der Waals surface area contributed by atoms with Gasteiger partial charge in [-0.3, -0.25) is 14.5 Å². The van der Waals surface area contributed by atoms with Gasteiger partial charge in [0.05, 0.1) is 11.2 Å². The molecule has 3 heterocycles. The van der Waals surface area contributed by atoms with Gasteiger partial charge in [-0.05, 0) is 43.7 Å². The highest BCUT2D eigenvalue weighted by Gasteiger charge is 2.22. The fourth-order valence-electron chi connectivity index (χ4n) is 3.83. The highest BCUT2D eigenvalue weighted by atomic mass is 19.1. The van der Waals surface area contributed by atoms with Crippen molar-refractivity contribution in [3.8, 4) is 0 Å². The molecule has 0 spiro atoms. The molecule has 168 valence electrons. The van der Waals surface area contributed by atoms with Crippen molar-refractivity contribution in [3.63, 3.8) is 0 Å². The zero-order valence-corrected chi connectivity index (χ0v) is 17.9. The summed E-state index contributed by atoms with van der Waals surface area (Å²) in [6, 6.07) is 6.27. The van der Waals surface area contributed by atoms with Gasteiger partial charge in [-0.2, -0.15) is 4.39 Å². The molecule has 2 N–H and O–H groups in total. The molecule has 0 saturated carbocycles. The summed E-state index contributed by atoms with van der Waals surface area (Å²) in [7, 11) is 0. The van der Waals surface area contributed by atoms with Crippen LogP contribution in [0.15, 0.2) is 29.1 Å². The summed E-state index contributed by atoms with van der Waals surface area (Å²) in [6.07, 6.45) is 0. The number of hydrogen-bond acceptors (Lipinski definition) is 6. The third-order valence-electron chi connectivity index (χ3n) is 5.50. The van der Waals surface area contributed by atoms with E-state index in [1.807, 2.05) is 4.90 Å². The van der Waals surface area contributed by atoms with E-state index in [2.05, 4.69) is 25.2 Å². The van der Waals surface area contributed by atoms with Gasteiger partial charge in [0.1, 0.15) is 16.9 Å². The number of rotatable bonds is 5. The number of aromatic nitrogens is 3. The van der Waals surface area contributed by atoms with Crippen molar-refractivity contribution >= 4 is 22.6 Å². The van der Waals surface area contributed by atoms with Crippen LogP contribution >= 0.6 is 0 Å². The number of pyridine rings is 1. The smallest absolute Gasteiger partial charge is 0.269 e. The molecular weight excluding hydrogens is 418 g/mol. The Morgan fingerprint density at radius 1 is 1.16 bits per heavy atom. The lowest BCUT2D eigenvalue weighted by molar-refractivity contribution is 0.0949. The fraction of sp³-hybridized carbons (Fsp3) is 0.364. The number of piperazine rings is 1. The van der Waals surface area contributed by atoms with E-state index < -0.39 is 17.7 Å². The maximum absolute atomic E-state index is 14.5. The normalized spacial score (nSPS) is 14.7. The minimum atomic E-state index is -0.675. The number of amides is 1. The van der Waals surface area contributed by atoms with Gasteiger partial charge < -0.3 is 15.2 Å². The zero-order valence-electron chi connectivity index (χ0n) is 17.9. The number of anilines is 1. The summed E-state index contributed by atoms with van der Waals surface area (Å²) in [6.45, 7) is 6.66. The second kappa shape index (κ2) is 8.99. The molecule has 1 aliphatic heterocycles. The summed E-state index contributed by atoms with van der Waals surface area (Å²) in [5, 5.41) is 2.60. The van der Waals surface area contributed by atoms with Crippen molar-refractivity contribution in [2.75, 3.05) is 37.6 Å². The second-order valence-corrected chi connectivity index (χ2v) is 7.75. The molecule has 1 fully saturated rings. The van der Waals surface area contributed by atoms with Crippen LogP contribution in [0.2, 0.25) is 0 Å². The number of H-pyrrole nitrogens is 1. The van der Waals surface area contributed by atoms with Gasteiger partial charge in [-0.25, -0.2) is 14.4 Å². The third kappa shape index (κ3) is 4.45. The number of carbonyl (C=O) groups excluding carboxylic acids is 1. The van der Waals surface area contributed by atoms with Crippen molar-refractivity contribution in [3.05, 3.63) is 63.3 Å². The lowest BCUT2D eigenvalue weighted by Gasteiger charge is -2.36. The molecule has 0 bridgehead atoms. The highest BCUT2D eigenvalue weighted by molar-refractivity contribution is 5.92. The molecule has 0 aliphatic carbocycles. The van der Waals surface area contributed by atoms with E-state index in [0.717, 1.165) is 5.56 Å². The maximum atomic E-state index is 14.5. The highest BCUT2D eigenvalue weighted by Crippen LogP contribution is 2.22. The minimum absolute atomic E-state index is 0.0489. The van der Waals surface area contributed by atoms with Crippen LogP contribution < -0.4 is 15.8 Å². The first-order valence-electron chi connectivity index (χ1n) is 10.5. The molecule has 0 unspecified atom stereocenters. The molecular formula is C22H24F2N6O2. The summed E-state index contributed by atoms with van der Waals surface area (Å²) in [5.41, 5.74) is 1.53. The molecule has 0 radical (unpaired) electrons. The number of fused-ring (bicyclic) bond motifs is 1. The van der Waals surface area contributed by atoms with Crippen LogP contribution in [-0.4, -0.2) is 58.5 Å². The number of benzene rings is 1. The number of nitrogens with zero attached hydrogens (tertiary/aromatic N) is 4. The van der Waals surface area contributed by atoms with Crippen LogP contribution in [0, 0.1) is 18.7 Å². The number of halogens is 2. The third-order valence-corrected chi connectivity index (χ3v) is 5.50. The monoisotopic (exact) mass is 442 g/mol. The standard InChI is InChI=1S/C22H24F2N6O2/c1-3-25-22(32)16-4-5-18(20(24)27-16)30-8-6-29(7-9-30)12-14-10-15(23)19-17(11-14)28-21(31)13(2)26-19/h4-5,10-11H,3,6-9,12H2,1-2H3,(H,25,32)(H,28,31). The van der Waals surface area contributed by atoms with E-state index >= 15 is 0 Å². The maximum Gasteiger partial charge on any atom is 0.269 e. The second-order valence-electron chi connectivity index (χ2n) is 7.75. The molecule has 2 aromatic heterocycles.